The third kappa shape index (κ3) is 2.60. The number of hydrogen-bond donors (Lipinski definition) is 1. The Labute approximate surface area is 123 Å². The first-order valence-corrected chi connectivity index (χ1v) is 6.88. The van der Waals surface area contributed by atoms with Gasteiger partial charge in [-0.25, -0.2) is 4.68 Å². The lowest BCUT2D eigenvalue weighted by atomic mass is 10.2. The van der Waals surface area contributed by atoms with Crippen molar-refractivity contribution in [2.24, 2.45) is 7.05 Å². The average molecular weight is 282 g/mol. The van der Waals surface area contributed by atoms with Gasteiger partial charge in [0.15, 0.2) is 0 Å². The molecule has 5 nitrogen and oxygen atoms in total. The summed E-state index contributed by atoms with van der Waals surface area (Å²) in [4.78, 5) is 4.42. The Bertz CT molecular complexity index is 779. The van der Waals surface area contributed by atoms with E-state index >= 15 is 0 Å². The molecule has 0 aliphatic carbocycles. The first-order chi connectivity index (χ1) is 10.2. The Hall–Kier alpha value is -2.40. The largest absolute Gasteiger partial charge is 0.437 e. The number of benzene rings is 1. The molecule has 2 heterocycles. The van der Waals surface area contributed by atoms with E-state index in [0.29, 0.717) is 5.75 Å². The summed E-state index contributed by atoms with van der Waals surface area (Å²) in [5.41, 5.74) is 2.99. The predicted octanol–water partition coefficient (Wildman–Crippen LogP) is 2.79. The zero-order chi connectivity index (χ0) is 14.8. The first-order valence-electron chi connectivity index (χ1n) is 6.88. The van der Waals surface area contributed by atoms with Crippen molar-refractivity contribution in [1.82, 2.24) is 20.1 Å². The van der Waals surface area contributed by atoms with Crippen LogP contribution < -0.4 is 10.1 Å². The fourth-order valence-corrected chi connectivity index (χ4v) is 2.41. The van der Waals surface area contributed by atoms with Crippen molar-refractivity contribution in [1.29, 1.82) is 0 Å². The molecule has 0 radical (unpaired) electrons. The highest BCUT2D eigenvalue weighted by atomic mass is 16.5. The molecule has 2 aromatic heterocycles. The minimum Gasteiger partial charge on any atom is -0.437 e. The fourth-order valence-electron chi connectivity index (χ4n) is 2.41. The van der Waals surface area contributed by atoms with Gasteiger partial charge in [-0.05, 0) is 26.1 Å². The van der Waals surface area contributed by atoms with E-state index in [0.717, 1.165) is 34.6 Å². The zero-order valence-corrected chi connectivity index (χ0v) is 12.4. The highest BCUT2D eigenvalue weighted by Gasteiger charge is 2.15. The van der Waals surface area contributed by atoms with E-state index in [9.17, 15) is 0 Å². The molecule has 0 aliphatic rings. The van der Waals surface area contributed by atoms with Crippen LogP contribution in [0.2, 0.25) is 0 Å². The van der Waals surface area contributed by atoms with Crippen LogP contribution in [0.15, 0.2) is 36.5 Å². The molecule has 108 valence electrons. The SMILES string of the molecule is CNCc1c(C)nn(C)c1Oc1cnc2ccccc2c1. The third-order valence-electron chi connectivity index (χ3n) is 3.42. The quantitative estimate of drug-likeness (QED) is 0.799. The van der Waals surface area contributed by atoms with Crippen molar-refractivity contribution in [3.05, 3.63) is 47.8 Å². The standard InChI is InChI=1S/C16H18N4O/c1-11-14(10-17-2)16(20(3)19-11)21-13-8-12-6-4-5-7-15(12)18-9-13/h4-9,17H,10H2,1-3H3. The summed E-state index contributed by atoms with van der Waals surface area (Å²) in [7, 11) is 3.80. The zero-order valence-electron chi connectivity index (χ0n) is 12.4. The van der Waals surface area contributed by atoms with E-state index in [4.69, 9.17) is 4.74 Å². The summed E-state index contributed by atoms with van der Waals surface area (Å²) < 4.78 is 7.78. The van der Waals surface area contributed by atoms with E-state index in [-0.39, 0.29) is 0 Å². The highest BCUT2D eigenvalue weighted by Crippen LogP contribution is 2.28. The molecule has 1 N–H and O–H groups in total. The fraction of sp³-hybridized carbons (Fsp3) is 0.250. The number of aromatic nitrogens is 3. The van der Waals surface area contributed by atoms with Crippen molar-refractivity contribution in [2.45, 2.75) is 13.5 Å². The Balaban J connectivity index is 1.98. The van der Waals surface area contributed by atoms with Crippen LogP contribution in [0.3, 0.4) is 0 Å². The van der Waals surface area contributed by atoms with Gasteiger partial charge in [-0.3, -0.25) is 4.98 Å². The van der Waals surface area contributed by atoms with E-state index in [1.165, 1.54) is 0 Å². The van der Waals surface area contributed by atoms with E-state index < -0.39 is 0 Å². The van der Waals surface area contributed by atoms with Crippen LogP contribution in [0.5, 0.6) is 11.6 Å². The molecule has 0 atom stereocenters. The van der Waals surface area contributed by atoms with Gasteiger partial charge in [-0.1, -0.05) is 18.2 Å². The van der Waals surface area contributed by atoms with Crippen LogP contribution in [0.1, 0.15) is 11.3 Å². The Morgan fingerprint density at radius 3 is 2.90 bits per heavy atom. The Morgan fingerprint density at radius 2 is 2.10 bits per heavy atom. The van der Waals surface area contributed by atoms with Gasteiger partial charge in [-0.2, -0.15) is 5.10 Å². The van der Waals surface area contributed by atoms with Crippen molar-refractivity contribution in [2.75, 3.05) is 7.05 Å². The normalized spacial score (nSPS) is 11.0. The van der Waals surface area contributed by atoms with Crippen molar-refractivity contribution >= 4 is 10.9 Å². The van der Waals surface area contributed by atoms with E-state index in [1.807, 2.05) is 51.4 Å². The van der Waals surface area contributed by atoms with Gasteiger partial charge in [-0.15, -0.1) is 0 Å². The molecule has 1 aromatic carbocycles. The highest BCUT2D eigenvalue weighted by molar-refractivity contribution is 5.79. The number of para-hydroxylation sites is 1. The second-order valence-corrected chi connectivity index (χ2v) is 4.99. The maximum atomic E-state index is 6.02. The maximum absolute atomic E-state index is 6.02. The molecular formula is C16H18N4O. The maximum Gasteiger partial charge on any atom is 0.222 e. The van der Waals surface area contributed by atoms with Crippen LogP contribution in [0, 0.1) is 6.92 Å². The first kappa shape index (κ1) is 13.6. The summed E-state index contributed by atoms with van der Waals surface area (Å²) in [6.45, 7) is 2.70. The smallest absolute Gasteiger partial charge is 0.222 e. The van der Waals surface area contributed by atoms with Crippen LogP contribution in [-0.2, 0) is 13.6 Å². The second-order valence-electron chi connectivity index (χ2n) is 4.99. The van der Waals surface area contributed by atoms with Gasteiger partial charge in [0.1, 0.15) is 5.75 Å². The topological polar surface area (TPSA) is 52.0 Å². The van der Waals surface area contributed by atoms with Crippen LogP contribution in [0.25, 0.3) is 10.9 Å². The van der Waals surface area contributed by atoms with Crippen LogP contribution in [0.4, 0.5) is 0 Å². The molecule has 0 saturated heterocycles. The monoisotopic (exact) mass is 282 g/mol. The molecular weight excluding hydrogens is 264 g/mol. The molecule has 0 fully saturated rings. The molecule has 0 bridgehead atoms. The predicted molar refractivity (Wildman–Crippen MR) is 82.5 cm³/mol. The lowest BCUT2D eigenvalue weighted by molar-refractivity contribution is 0.424. The number of rotatable bonds is 4. The van der Waals surface area contributed by atoms with Gasteiger partial charge in [0.25, 0.3) is 0 Å². The number of aryl methyl sites for hydroxylation is 2. The molecule has 3 aromatic rings. The number of nitrogens with zero attached hydrogens (tertiary/aromatic N) is 3. The minimum absolute atomic E-state index is 0.717. The molecule has 21 heavy (non-hydrogen) atoms. The van der Waals surface area contributed by atoms with Crippen LogP contribution in [-0.4, -0.2) is 21.8 Å². The molecule has 0 aliphatic heterocycles. The lowest BCUT2D eigenvalue weighted by Gasteiger charge is -2.09. The Kier molecular flexibility index (Phi) is 3.58. The average Bonchev–Trinajstić information content (AvgIpc) is 2.75. The van der Waals surface area contributed by atoms with Gasteiger partial charge in [0.05, 0.1) is 23.0 Å². The summed E-state index contributed by atoms with van der Waals surface area (Å²) in [5.74, 6) is 1.47. The summed E-state index contributed by atoms with van der Waals surface area (Å²) >= 11 is 0. The second kappa shape index (κ2) is 5.54. The lowest BCUT2D eigenvalue weighted by Crippen LogP contribution is -2.07. The molecule has 0 saturated carbocycles. The summed E-state index contributed by atoms with van der Waals surface area (Å²) in [6.07, 6.45) is 1.74. The molecule has 3 rings (SSSR count). The Morgan fingerprint density at radius 1 is 1.29 bits per heavy atom. The molecule has 5 heteroatoms. The molecule has 0 unspecified atom stereocenters. The molecule has 0 spiro atoms. The third-order valence-corrected chi connectivity index (χ3v) is 3.42. The summed E-state index contributed by atoms with van der Waals surface area (Å²) in [5, 5.41) is 8.62. The number of nitrogens with one attached hydrogen (secondary N) is 1. The van der Waals surface area contributed by atoms with Crippen molar-refractivity contribution < 1.29 is 4.74 Å². The van der Waals surface area contributed by atoms with Crippen LogP contribution >= 0.6 is 0 Å². The van der Waals surface area contributed by atoms with Crippen molar-refractivity contribution in [3.8, 4) is 11.6 Å². The number of fused-ring (bicyclic) bond motifs is 1. The van der Waals surface area contributed by atoms with Gasteiger partial charge in [0.2, 0.25) is 5.88 Å². The summed E-state index contributed by atoms with van der Waals surface area (Å²) in [6, 6.07) is 9.98. The number of ether oxygens (including phenoxy) is 1. The number of pyridine rings is 1. The minimum atomic E-state index is 0.717. The van der Waals surface area contributed by atoms with E-state index in [2.05, 4.69) is 15.4 Å². The van der Waals surface area contributed by atoms with Gasteiger partial charge in [0, 0.05) is 19.0 Å². The van der Waals surface area contributed by atoms with Crippen molar-refractivity contribution in [3.63, 3.8) is 0 Å². The number of hydrogen-bond acceptors (Lipinski definition) is 4. The van der Waals surface area contributed by atoms with E-state index in [1.54, 1.807) is 10.9 Å². The van der Waals surface area contributed by atoms with Gasteiger partial charge >= 0.3 is 0 Å². The molecule has 0 amide bonds. The van der Waals surface area contributed by atoms with Gasteiger partial charge < -0.3 is 10.1 Å².